The van der Waals surface area contributed by atoms with E-state index in [2.05, 4.69) is 0 Å². The molecule has 0 saturated carbocycles. The van der Waals surface area contributed by atoms with E-state index in [1.807, 2.05) is 48.1 Å². The molecule has 1 atom stereocenters. The van der Waals surface area contributed by atoms with E-state index in [-0.39, 0.29) is 24.6 Å². The van der Waals surface area contributed by atoms with E-state index in [9.17, 15) is 14.4 Å². The molecule has 0 N–H and O–H groups in total. The van der Waals surface area contributed by atoms with E-state index < -0.39 is 17.9 Å². The summed E-state index contributed by atoms with van der Waals surface area (Å²) >= 11 is 0. The van der Waals surface area contributed by atoms with Crippen molar-refractivity contribution in [3.05, 3.63) is 88.8 Å². The van der Waals surface area contributed by atoms with Gasteiger partial charge in [-0.15, -0.1) is 0 Å². The van der Waals surface area contributed by atoms with Crippen LogP contribution in [-0.4, -0.2) is 43.1 Å². The molecule has 0 aliphatic carbocycles. The number of Topliss-reactive ketones (excluding diaryl/α,β-unsaturated/α-hetero) is 1. The van der Waals surface area contributed by atoms with E-state index in [0.717, 1.165) is 16.5 Å². The molecule has 2 aliphatic heterocycles. The van der Waals surface area contributed by atoms with Crippen LogP contribution < -0.4 is 18.9 Å². The second-order valence-electron chi connectivity index (χ2n) is 9.51. The van der Waals surface area contributed by atoms with Crippen LogP contribution in [0.4, 0.5) is 0 Å². The predicted octanol–water partition coefficient (Wildman–Crippen LogP) is 4.80. The zero-order valence-electron chi connectivity index (χ0n) is 22.1. The third kappa shape index (κ3) is 4.25. The molecule has 3 aromatic carbocycles. The van der Waals surface area contributed by atoms with Crippen molar-refractivity contribution in [2.75, 3.05) is 20.8 Å². The molecule has 9 nitrogen and oxygen atoms in total. The Morgan fingerprint density at radius 2 is 1.90 bits per heavy atom. The number of aryl methyl sites for hydroxylation is 1. The van der Waals surface area contributed by atoms with Gasteiger partial charge in [0.1, 0.15) is 23.0 Å². The third-order valence-corrected chi connectivity index (χ3v) is 7.16. The molecule has 40 heavy (non-hydrogen) atoms. The summed E-state index contributed by atoms with van der Waals surface area (Å²) in [5, 5.41) is 0.909. The fourth-order valence-corrected chi connectivity index (χ4v) is 5.25. The predicted molar refractivity (Wildman–Crippen MR) is 145 cm³/mol. The third-order valence-electron chi connectivity index (χ3n) is 7.16. The number of ether oxygens (including phenoxy) is 5. The number of para-hydroxylation sites is 1. The Bertz CT molecular complexity index is 1730. The van der Waals surface area contributed by atoms with E-state index in [1.54, 1.807) is 37.5 Å². The summed E-state index contributed by atoms with van der Waals surface area (Å²) < 4.78 is 29.6. The summed E-state index contributed by atoms with van der Waals surface area (Å²) in [5.74, 6) is 0.160. The lowest BCUT2D eigenvalue weighted by molar-refractivity contribution is -0.143. The first-order valence-electron chi connectivity index (χ1n) is 12.6. The minimum atomic E-state index is -0.533. The maximum Gasteiger partial charge on any atom is 0.343 e. The van der Waals surface area contributed by atoms with Crippen LogP contribution in [0.25, 0.3) is 17.0 Å². The number of benzene rings is 3. The number of rotatable bonds is 6. The molecule has 0 spiro atoms. The second-order valence-corrected chi connectivity index (χ2v) is 9.51. The average Bonchev–Trinajstić information content (AvgIpc) is 3.46. The van der Waals surface area contributed by atoms with Crippen LogP contribution in [0.2, 0.25) is 0 Å². The van der Waals surface area contributed by atoms with E-state index in [0.29, 0.717) is 39.7 Å². The van der Waals surface area contributed by atoms with Crippen LogP contribution in [0.1, 0.15) is 39.4 Å². The molecule has 3 heterocycles. The summed E-state index contributed by atoms with van der Waals surface area (Å²) in [6.07, 6.45) is 3.64. The molecule has 0 saturated heterocycles. The fraction of sp³-hybridized carbons (Fsp3) is 0.194. The van der Waals surface area contributed by atoms with Crippen molar-refractivity contribution in [1.82, 2.24) is 4.57 Å². The number of ketones is 1. The number of aromatic nitrogens is 1. The number of nitrogens with zero attached hydrogens (tertiary/aromatic N) is 1. The fourth-order valence-electron chi connectivity index (χ4n) is 5.25. The Balaban J connectivity index is 1.43. The SMILES string of the molecule is COC(=O)COc1ccccc1C1CC(=O)Oc2ccc3c(c21)O/C(=C\c1cn(C)c2ccc(OC)cc12)C3=O. The number of allylic oxidation sites excluding steroid dienone is 1. The maximum atomic E-state index is 13.5. The van der Waals surface area contributed by atoms with Crippen molar-refractivity contribution >= 4 is 34.7 Å². The van der Waals surface area contributed by atoms with Gasteiger partial charge < -0.3 is 28.3 Å². The summed E-state index contributed by atoms with van der Waals surface area (Å²) in [6.45, 7) is -0.290. The van der Waals surface area contributed by atoms with E-state index >= 15 is 0 Å². The highest BCUT2D eigenvalue weighted by atomic mass is 16.6. The molecule has 1 aromatic heterocycles. The summed E-state index contributed by atoms with van der Waals surface area (Å²) in [4.78, 5) is 37.9. The number of carbonyl (C=O) groups is 3. The minimum Gasteiger partial charge on any atom is -0.497 e. The Morgan fingerprint density at radius 1 is 1.07 bits per heavy atom. The molecular weight excluding hydrogens is 514 g/mol. The van der Waals surface area contributed by atoms with Crippen molar-refractivity contribution in [3.8, 4) is 23.0 Å². The van der Waals surface area contributed by atoms with Gasteiger partial charge in [0.05, 0.1) is 26.2 Å². The normalized spacial score (nSPS) is 16.8. The topological polar surface area (TPSA) is 102 Å². The van der Waals surface area contributed by atoms with Crippen LogP contribution in [-0.2, 0) is 21.4 Å². The van der Waals surface area contributed by atoms with Gasteiger partial charge in [-0.25, -0.2) is 4.79 Å². The van der Waals surface area contributed by atoms with Crippen LogP contribution in [0.5, 0.6) is 23.0 Å². The largest absolute Gasteiger partial charge is 0.497 e. The van der Waals surface area contributed by atoms with Crippen molar-refractivity contribution in [2.45, 2.75) is 12.3 Å². The zero-order chi connectivity index (χ0) is 28.0. The molecular formula is C31H25NO8. The first-order chi connectivity index (χ1) is 19.4. The van der Waals surface area contributed by atoms with Gasteiger partial charge in [-0.1, -0.05) is 18.2 Å². The lowest BCUT2D eigenvalue weighted by Crippen LogP contribution is -2.22. The van der Waals surface area contributed by atoms with Gasteiger partial charge in [0, 0.05) is 46.8 Å². The Hall–Kier alpha value is -5.05. The summed E-state index contributed by atoms with van der Waals surface area (Å²) in [6, 6.07) is 16.1. The molecule has 4 aromatic rings. The van der Waals surface area contributed by atoms with Gasteiger partial charge in [0.15, 0.2) is 12.4 Å². The highest BCUT2D eigenvalue weighted by molar-refractivity contribution is 6.15. The average molecular weight is 540 g/mol. The smallest absolute Gasteiger partial charge is 0.343 e. The molecule has 1 unspecified atom stereocenters. The molecule has 6 rings (SSSR count). The maximum absolute atomic E-state index is 13.5. The lowest BCUT2D eigenvalue weighted by Gasteiger charge is -2.27. The Labute approximate surface area is 229 Å². The number of hydrogen-bond donors (Lipinski definition) is 0. The second kappa shape index (κ2) is 9.92. The van der Waals surface area contributed by atoms with E-state index in [1.165, 1.54) is 7.11 Å². The number of hydrogen-bond acceptors (Lipinski definition) is 8. The van der Waals surface area contributed by atoms with Crippen molar-refractivity contribution in [1.29, 1.82) is 0 Å². The Kier molecular flexibility index (Phi) is 6.26. The molecule has 9 heteroatoms. The highest BCUT2D eigenvalue weighted by Gasteiger charge is 2.39. The molecule has 2 aliphatic rings. The van der Waals surface area contributed by atoms with Gasteiger partial charge in [0.2, 0.25) is 5.78 Å². The highest BCUT2D eigenvalue weighted by Crippen LogP contribution is 2.50. The monoisotopic (exact) mass is 539 g/mol. The van der Waals surface area contributed by atoms with Gasteiger partial charge in [-0.2, -0.15) is 0 Å². The molecule has 0 bridgehead atoms. The van der Waals surface area contributed by atoms with Crippen molar-refractivity contribution in [3.63, 3.8) is 0 Å². The number of carbonyl (C=O) groups excluding carboxylic acids is 3. The number of esters is 2. The first-order valence-corrected chi connectivity index (χ1v) is 12.6. The zero-order valence-corrected chi connectivity index (χ0v) is 22.1. The quantitative estimate of drug-likeness (QED) is 0.196. The summed E-state index contributed by atoms with van der Waals surface area (Å²) in [7, 11) is 4.81. The van der Waals surface area contributed by atoms with Crippen LogP contribution in [0, 0.1) is 0 Å². The van der Waals surface area contributed by atoms with Crippen LogP contribution >= 0.6 is 0 Å². The minimum absolute atomic E-state index is 0.00175. The van der Waals surface area contributed by atoms with Gasteiger partial charge in [0.25, 0.3) is 0 Å². The van der Waals surface area contributed by atoms with Crippen molar-refractivity contribution < 1.29 is 38.1 Å². The molecule has 202 valence electrons. The molecule has 0 radical (unpaired) electrons. The van der Waals surface area contributed by atoms with Gasteiger partial charge in [-0.3, -0.25) is 9.59 Å². The van der Waals surface area contributed by atoms with Crippen LogP contribution in [0.15, 0.2) is 66.6 Å². The Morgan fingerprint density at radius 3 is 2.70 bits per heavy atom. The number of methoxy groups -OCH3 is 2. The molecule has 0 amide bonds. The number of fused-ring (bicyclic) bond motifs is 4. The van der Waals surface area contributed by atoms with E-state index in [4.69, 9.17) is 23.7 Å². The lowest BCUT2D eigenvalue weighted by atomic mass is 9.84. The standard InChI is InChI=1S/C31H25NO8/c1-32-15-17(21-13-18(36-2)8-10-23(21)32)12-26-30(35)20-9-11-25-29(31(20)40-26)22(14-27(33)39-25)19-6-4-5-7-24(19)38-16-28(34)37-3/h4-13,15,22H,14,16H2,1-3H3/b26-12-. The van der Waals surface area contributed by atoms with Gasteiger partial charge >= 0.3 is 11.9 Å². The van der Waals surface area contributed by atoms with Crippen LogP contribution in [0.3, 0.4) is 0 Å². The van der Waals surface area contributed by atoms with Gasteiger partial charge in [-0.05, 0) is 42.5 Å². The molecule has 0 fully saturated rings. The summed E-state index contributed by atoms with van der Waals surface area (Å²) in [5.41, 5.74) is 3.38. The first kappa shape index (κ1) is 25.2. The van der Waals surface area contributed by atoms with Crippen molar-refractivity contribution in [2.24, 2.45) is 7.05 Å².